The molecule has 3 heteroatoms. The monoisotopic (exact) mass is 258 g/mol. The van der Waals surface area contributed by atoms with E-state index in [0.717, 1.165) is 13.3 Å². The Morgan fingerprint density at radius 1 is 0.944 bits per heavy atom. The number of rotatable bonds is 10. The number of aliphatic carboxylic acids is 1. The van der Waals surface area contributed by atoms with Crippen molar-refractivity contribution in [2.24, 2.45) is 0 Å². The van der Waals surface area contributed by atoms with Crippen molar-refractivity contribution >= 4 is 5.97 Å². The Labute approximate surface area is 112 Å². The molecule has 0 aliphatic heterocycles. The average molecular weight is 258 g/mol. The van der Waals surface area contributed by atoms with E-state index in [1.165, 1.54) is 51.4 Å². The topological polar surface area (TPSA) is 57.5 Å². The molecule has 108 valence electrons. The van der Waals surface area contributed by atoms with Crippen molar-refractivity contribution in [1.29, 1.82) is 0 Å². The quantitative estimate of drug-likeness (QED) is 0.457. The maximum Gasteiger partial charge on any atom is 0.300 e. The third-order valence-corrected chi connectivity index (χ3v) is 2.51. The zero-order chi connectivity index (χ0) is 14.1. The maximum absolute atomic E-state index is 9.00. The van der Waals surface area contributed by atoms with E-state index in [9.17, 15) is 0 Å². The lowest BCUT2D eigenvalue weighted by atomic mass is 10.1. The molecular formula is C15H30O3. The molecular weight excluding hydrogens is 228 g/mol. The number of carboxylic acids is 1. The lowest BCUT2D eigenvalue weighted by Gasteiger charge is -2.00. The fraction of sp³-hybridized carbons (Fsp3) is 0.800. The molecule has 0 unspecified atom stereocenters. The molecule has 0 bridgehead atoms. The van der Waals surface area contributed by atoms with E-state index < -0.39 is 5.97 Å². The van der Waals surface area contributed by atoms with Crippen molar-refractivity contribution in [2.75, 3.05) is 6.61 Å². The number of aliphatic hydroxyl groups is 1. The van der Waals surface area contributed by atoms with Gasteiger partial charge in [-0.1, -0.05) is 50.7 Å². The highest BCUT2D eigenvalue weighted by Crippen LogP contribution is 2.09. The third-order valence-electron chi connectivity index (χ3n) is 2.51. The lowest BCUT2D eigenvalue weighted by molar-refractivity contribution is -0.134. The first-order valence-electron chi connectivity index (χ1n) is 7.06. The maximum atomic E-state index is 9.00. The molecule has 0 radical (unpaired) electrons. The molecule has 2 N–H and O–H groups in total. The van der Waals surface area contributed by atoms with E-state index in [1.54, 1.807) is 0 Å². The summed E-state index contributed by atoms with van der Waals surface area (Å²) in [5.74, 6) is -0.833. The lowest BCUT2D eigenvalue weighted by Crippen LogP contribution is -1.84. The van der Waals surface area contributed by atoms with E-state index in [0.29, 0.717) is 6.61 Å². The number of hydrogen-bond donors (Lipinski definition) is 2. The second-order valence-corrected chi connectivity index (χ2v) is 4.43. The van der Waals surface area contributed by atoms with Gasteiger partial charge >= 0.3 is 0 Å². The number of carbonyl (C=O) groups is 1. The van der Waals surface area contributed by atoms with Crippen LogP contribution in [0, 0.1) is 0 Å². The number of carboxylic acid groups (broad SMARTS) is 1. The molecule has 0 aliphatic rings. The molecule has 0 heterocycles. The molecule has 18 heavy (non-hydrogen) atoms. The number of hydrogen-bond acceptors (Lipinski definition) is 2. The normalized spacial score (nSPS) is 10.2. The Morgan fingerprint density at radius 3 is 1.72 bits per heavy atom. The second-order valence-electron chi connectivity index (χ2n) is 4.43. The minimum Gasteiger partial charge on any atom is -0.481 e. The van der Waals surface area contributed by atoms with E-state index in [1.807, 2.05) is 0 Å². The largest absolute Gasteiger partial charge is 0.481 e. The van der Waals surface area contributed by atoms with E-state index in [4.69, 9.17) is 15.0 Å². The van der Waals surface area contributed by atoms with Gasteiger partial charge in [0.25, 0.3) is 5.97 Å². The van der Waals surface area contributed by atoms with Gasteiger partial charge in [0, 0.05) is 13.5 Å². The van der Waals surface area contributed by atoms with E-state index in [-0.39, 0.29) is 0 Å². The molecule has 0 rings (SSSR count). The van der Waals surface area contributed by atoms with Crippen LogP contribution in [0.3, 0.4) is 0 Å². The zero-order valence-corrected chi connectivity index (χ0v) is 12.0. The van der Waals surface area contributed by atoms with Gasteiger partial charge in [0.15, 0.2) is 0 Å². The summed E-state index contributed by atoms with van der Waals surface area (Å²) in [7, 11) is 0. The Hall–Kier alpha value is -0.830. The van der Waals surface area contributed by atoms with Crippen molar-refractivity contribution < 1.29 is 15.0 Å². The first-order valence-corrected chi connectivity index (χ1v) is 7.06. The second kappa shape index (κ2) is 18.5. The van der Waals surface area contributed by atoms with Crippen molar-refractivity contribution in [3.8, 4) is 0 Å². The molecule has 0 amide bonds. The van der Waals surface area contributed by atoms with Gasteiger partial charge in [-0.2, -0.15) is 0 Å². The molecule has 0 fully saturated rings. The van der Waals surface area contributed by atoms with Gasteiger partial charge in [0.2, 0.25) is 0 Å². The standard InChI is InChI=1S/C13H26O.C2H4O2/c1-2-3-4-5-6-7-8-9-10-11-12-13-14;1-2(3)4/h2-3,14H,4-13H2,1H3;1H3,(H,3,4). The highest BCUT2D eigenvalue weighted by Gasteiger charge is 1.90. The first-order chi connectivity index (χ1) is 8.65. The van der Waals surface area contributed by atoms with Crippen molar-refractivity contribution in [2.45, 2.75) is 71.6 Å². The van der Waals surface area contributed by atoms with Gasteiger partial charge in [-0.05, 0) is 26.2 Å². The van der Waals surface area contributed by atoms with Crippen LogP contribution in [0.25, 0.3) is 0 Å². The van der Waals surface area contributed by atoms with Crippen molar-refractivity contribution in [3.05, 3.63) is 12.2 Å². The summed E-state index contributed by atoms with van der Waals surface area (Å²) in [6.07, 6.45) is 16.0. The molecule has 0 atom stereocenters. The average Bonchev–Trinajstić information content (AvgIpc) is 2.31. The molecule has 0 aromatic heterocycles. The van der Waals surface area contributed by atoms with Gasteiger partial charge in [-0.15, -0.1) is 0 Å². The molecule has 0 aliphatic carbocycles. The molecule has 0 saturated heterocycles. The summed E-state index contributed by atoms with van der Waals surface area (Å²) in [4.78, 5) is 9.00. The molecule has 0 aromatic carbocycles. The van der Waals surface area contributed by atoms with Gasteiger partial charge in [0.05, 0.1) is 0 Å². The Kier molecular flexibility index (Phi) is 20.1. The van der Waals surface area contributed by atoms with E-state index in [2.05, 4.69) is 19.1 Å². The van der Waals surface area contributed by atoms with Crippen molar-refractivity contribution in [1.82, 2.24) is 0 Å². The van der Waals surface area contributed by atoms with Crippen LogP contribution in [0.5, 0.6) is 0 Å². The minimum absolute atomic E-state index is 0.364. The zero-order valence-electron chi connectivity index (χ0n) is 12.0. The first kappa shape index (κ1) is 19.5. The van der Waals surface area contributed by atoms with Crippen LogP contribution in [-0.2, 0) is 4.79 Å². The summed E-state index contributed by atoms with van der Waals surface area (Å²) in [6, 6.07) is 0. The van der Waals surface area contributed by atoms with Gasteiger partial charge in [0.1, 0.15) is 0 Å². The summed E-state index contributed by atoms with van der Waals surface area (Å²) < 4.78 is 0. The predicted octanol–water partition coefficient (Wildman–Crippen LogP) is 4.16. The van der Waals surface area contributed by atoms with Crippen LogP contribution >= 0.6 is 0 Å². The highest BCUT2D eigenvalue weighted by atomic mass is 16.4. The third kappa shape index (κ3) is 29.4. The summed E-state index contributed by atoms with van der Waals surface area (Å²) in [5, 5.41) is 16.0. The highest BCUT2D eigenvalue weighted by molar-refractivity contribution is 5.62. The molecule has 0 saturated carbocycles. The Bertz CT molecular complexity index is 184. The number of aliphatic hydroxyl groups excluding tert-OH is 1. The summed E-state index contributed by atoms with van der Waals surface area (Å²) in [6.45, 7) is 3.53. The summed E-state index contributed by atoms with van der Waals surface area (Å²) >= 11 is 0. The molecule has 0 spiro atoms. The van der Waals surface area contributed by atoms with Crippen LogP contribution < -0.4 is 0 Å². The Morgan fingerprint density at radius 2 is 1.33 bits per heavy atom. The minimum atomic E-state index is -0.833. The molecule has 0 aromatic rings. The number of unbranched alkanes of at least 4 members (excludes halogenated alkanes) is 8. The molecule has 3 nitrogen and oxygen atoms in total. The van der Waals surface area contributed by atoms with Gasteiger partial charge < -0.3 is 10.2 Å². The fourth-order valence-electron chi connectivity index (χ4n) is 1.60. The van der Waals surface area contributed by atoms with Gasteiger partial charge in [-0.25, -0.2) is 0 Å². The smallest absolute Gasteiger partial charge is 0.300 e. The predicted molar refractivity (Wildman–Crippen MR) is 76.8 cm³/mol. The fourth-order valence-corrected chi connectivity index (χ4v) is 1.60. The SMILES string of the molecule is CC(=O)O.CC=CCCCCCCCCCCO. The van der Waals surface area contributed by atoms with Crippen LogP contribution in [0.4, 0.5) is 0 Å². The van der Waals surface area contributed by atoms with Crippen molar-refractivity contribution in [3.63, 3.8) is 0 Å². The van der Waals surface area contributed by atoms with Crippen LogP contribution in [0.1, 0.15) is 71.6 Å². The number of allylic oxidation sites excluding steroid dienone is 2. The van der Waals surface area contributed by atoms with E-state index >= 15 is 0 Å². The van der Waals surface area contributed by atoms with Crippen LogP contribution in [0.2, 0.25) is 0 Å². The van der Waals surface area contributed by atoms with Crippen LogP contribution in [-0.4, -0.2) is 22.8 Å². The summed E-state index contributed by atoms with van der Waals surface area (Å²) in [5.41, 5.74) is 0. The van der Waals surface area contributed by atoms with Crippen LogP contribution in [0.15, 0.2) is 12.2 Å². The van der Waals surface area contributed by atoms with Gasteiger partial charge in [-0.3, -0.25) is 4.79 Å². The Balaban J connectivity index is 0.